The molecule has 0 aliphatic rings. The van der Waals surface area contributed by atoms with Crippen LogP contribution in [-0.2, 0) is 6.54 Å². The maximum absolute atomic E-state index is 11.0. The summed E-state index contributed by atoms with van der Waals surface area (Å²) >= 11 is 9.23. The number of nitrogens with zero attached hydrogens (tertiary/aromatic N) is 1. The summed E-state index contributed by atoms with van der Waals surface area (Å²) in [6.45, 7) is 0.417. The molecule has 0 amide bonds. The minimum Gasteiger partial charge on any atom is -0.497 e. The van der Waals surface area contributed by atoms with Crippen molar-refractivity contribution in [3.05, 3.63) is 61.6 Å². The zero-order valence-corrected chi connectivity index (χ0v) is 13.4. The number of ether oxygens (including phenoxy) is 1. The fourth-order valence-corrected chi connectivity index (χ4v) is 2.36. The molecule has 0 radical (unpaired) electrons. The lowest BCUT2D eigenvalue weighted by atomic mass is 10.2. The van der Waals surface area contributed by atoms with Gasteiger partial charge in [-0.15, -0.1) is 0 Å². The van der Waals surface area contributed by atoms with Crippen molar-refractivity contribution in [1.29, 1.82) is 0 Å². The Hall–Kier alpha value is -1.79. The van der Waals surface area contributed by atoms with Crippen molar-refractivity contribution in [2.45, 2.75) is 6.54 Å². The zero-order valence-electron chi connectivity index (χ0n) is 11.1. The van der Waals surface area contributed by atoms with Crippen LogP contribution in [0.5, 0.6) is 5.75 Å². The quantitative estimate of drug-likeness (QED) is 0.614. The van der Waals surface area contributed by atoms with Crippen LogP contribution >= 0.6 is 27.5 Å². The third-order valence-electron chi connectivity index (χ3n) is 2.88. The van der Waals surface area contributed by atoms with Gasteiger partial charge in [-0.2, -0.15) is 0 Å². The number of anilines is 1. The van der Waals surface area contributed by atoms with Crippen LogP contribution in [0.15, 0.2) is 40.9 Å². The smallest absolute Gasteiger partial charge is 0.293 e. The molecule has 0 unspecified atom stereocenters. The van der Waals surface area contributed by atoms with Gasteiger partial charge < -0.3 is 10.1 Å². The molecule has 5 nitrogen and oxygen atoms in total. The summed E-state index contributed by atoms with van der Waals surface area (Å²) in [5.41, 5.74) is 1.29. The lowest BCUT2D eigenvalue weighted by Gasteiger charge is -2.10. The minimum absolute atomic E-state index is 0.0541. The van der Waals surface area contributed by atoms with Crippen molar-refractivity contribution < 1.29 is 9.66 Å². The molecule has 0 aliphatic carbocycles. The summed E-state index contributed by atoms with van der Waals surface area (Å²) in [6.07, 6.45) is 0. The molecule has 21 heavy (non-hydrogen) atoms. The predicted molar refractivity (Wildman–Crippen MR) is 86.1 cm³/mol. The van der Waals surface area contributed by atoms with E-state index in [-0.39, 0.29) is 5.69 Å². The van der Waals surface area contributed by atoms with Crippen molar-refractivity contribution in [1.82, 2.24) is 0 Å². The molecule has 2 aromatic rings. The van der Waals surface area contributed by atoms with Gasteiger partial charge in [-0.1, -0.05) is 27.5 Å². The number of methoxy groups -OCH3 is 1. The Bertz CT molecular complexity index is 679. The Kier molecular flexibility index (Phi) is 5.03. The first kappa shape index (κ1) is 15.6. The van der Waals surface area contributed by atoms with Crippen molar-refractivity contribution in [2.75, 3.05) is 12.4 Å². The largest absolute Gasteiger partial charge is 0.497 e. The van der Waals surface area contributed by atoms with Gasteiger partial charge in [0.2, 0.25) is 0 Å². The van der Waals surface area contributed by atoms with E-state index in [0.717, 1.165) is 15.8 Å². The Morgan fingerprint density at radius 2 is 2.10 bits per heavy atom. The van der Waals surface area contributed by atoms with Gasteiger partial charge in [0.15, 0.2) is 0 Å². The maximum Gasteiger partial charge on any atom is 0.293 e. The number of halogens is 2. The lowest BCUT2D eigenvalue weighted by Crippen LogP contribution is -2.03. The number of nitro groups is 1. The normalized spacial score (nSPS) is 10.2. The second kappa shape index (κ2) is 6.78. The van der Waals surface area contributed by atoms with E-state index in [1.54, 1.807) is 19.2 Å². The fraction of sp³-hybridized carbons (Fsp3) is 0.143. The molecule has 0 aliphatic heterocycles. The van der Waals surface area contributed by atoms with E-state index < -0.39 is 4.92 Å². The van der Waals surface area contributed by atoms with Crippen LogP contribution in [0, 0.1) is 10.1 Å². The molecule has 0 heterocycles. The molecular weight excluding hydrogens is 360 g/mol. The van der Waals surface area contributed by atoms with Crippen LogP contribution in [0.3, 0.4) is 0 Å². The maximum atomic E-state index is 11.0. The molecule has 0 saturated heterocycles. The van der Waals surface area contributed by atoms with Gasteiger partial charge >= 0.3 is 0 Å². The van der Waals surface area contributed by atoms with Crippen LogP contribution in [0.25, 0.3) is 0 Å². The molecule has 0 aromatic heterocycles. The molecule has 0 bridgehead atoms. The molecule has 1 N–H and O–H groups in total. The van der Waals surface area contributed by atoms with Crippen LogP contribution in [0.4, 0.5) is 11.4 Å². The molecule has 2 rings (SSSR count). The van der Waals surface area contributed by atoms with Crippen molar-refractivity contribution in [2.24, 2.45) is 0 Å². The van der Waals surface area contributed by atoms with Gasteiger partial charge in [-0.05, 0) is 35.9 Å². The summed E-state index contributed by atoms with van der Waals surface area (Å²) < 4.78 is 6.06. The highest BCUT2D eigenvalue weighted by molar-refractivity contribution is 9.10. The number of rotatable bonds is 5. The summed E-state index contributed by atoms with van der Waals surface area (Å²) in [7, 11) is 1.59. The molecule has 0 saturated carbocycles. The summed E-state index contributed by atoms with van der Waals surface area (Å²) in [4.78, 5) is 10.6. The van der Waals surface area contributed by atoms with Gasteiger partial charge in [0.05, 0.1) is 12.0 Å². The summed E-state index contributed by atoms with van der Waals surface area (Å²) in [5.74, 6) is 0.723. The summed E-state index contributed by atoms with van der Waals surface area (Å²) in [6, 6.07) is 10.1. The first-order valence-electron chi connectivity index (χ1n) is 6.01. The number of hydrogen-bond acceptors (Lipinski definition) is 4. The van der Waals surface area contributed by atoms with Crippen molar-refractivity contribution >= 4 is 38.9 Å². The Balaban J connectivity index is 2.22. The second-order valence-electron chi connectivity index (χ2n) is 4.23. The average molecular weight is 372 g/mol. The van der Waals surface area contributed by atoms with E-state index >= 15 is 0 Å². The van der Waals surface area contributed by atoms with Crippen molar-refractivity contribution in [3.8, 4) is 5.75 Å². The molecule has 2 aromatic carbocycles. The van der Waals surface area contributed by atoms with Gasteiger partial charge in [-0.3, -0.25) is 10.1 Å². The van der Waals surface area contributed by atoms with Crippen LogP contribution in [-0.4, -0.2) is 12.0 Å². The van der Waals surface area contributed by atoms with Gasteiger partial charge in [0.25, 0.3) is 5.69 Å². The second-order valence-corrected chi connectivity index (χ2v) is 5.52. The predicted octanol–water partition coefficient (Wildman–Crippen LogP) is 4.63. The van der Waals surface area contributed by atoms with Gasteiger partial charge in [0, 0.05) is 22.1 Å². The highest BCUT2D eigenvalue weighted by Crippen LogP contribution is 2.29. The number of hydrogen-bond donors (Lipinski definition) is 1. The van der Waals surface area contributed by atoms with Gasteiger partial charge in [0.1, 0.15) is 11.4 Å². The first-order valence-corrected chi connectivity index (χ1v) is 7.18. The molecule has 0 spiro atoms. The van der Waals surface area contributed by atoms with E-state index in [2.05, 4.69) is 21.2 Å². The van der Waals surface area contributed by atoms with Crippen LogP contribution in [0.1, 0.15) is 5.56 Å². The molecule has 0 fully saturated rings. The molecule has 0 atom stereocenters. The highest BCUT2D eigenvalue weighted by Gasteiger charge is 2.14. The van der Waals surface area contributed by atoms with Crippen molar-refractivity contribution in [3.63, 3.8) is 0 Å². The SMILES string of the molecule is COc1ccc(Br)c(CNc2ccc(Cl)cc2[N+](=O)[O-])c1. The van der Waals surface area contributed by atoms with Crippen LogP contribution < -0.4 is 10.1 Å². The molecular formula is C14H12BrClN2O3. The highest BCUT2D eigenvalue weighted by atomic mass is 79.9. The fourth-order valence-electron chi connectivity index (χ4n) is 1.81. The Labute approximate surface area is 135 Å². The average Bonchev–Trinajstić information content (AvgIpc) is 2.47. The molecule has 110 valence electrons. The first-order chi connectivity index (χ1) is 10.0. The standard InChI is InChI=1S/C14H12BrClN2O3/c1-21-11-3-4-12(15)9(6-11)8-17-13-5-2-10(16)7-14(13)18(19)20/h2-7,17H,8H2,1H3. The Morgan fingerprint density at radius 3 is 2.76 bits per heavy atom. The monoisotopic (exact) mass is 370 g/mol. The van der Waals surface area contributed by atoms with E-state index in [1.807, 2.05) is 18.2 Å². The number of benzene rings is 2. The third-order valence-corrected chi connectivity index (χ3v) is 3.89. The summed E-state index contributed by atoms with van der Waals surface area (Å²) in [5, 5.41) is 14.4. The topological polar surface area (TPSA) is 64.4 Å². The number of nitrogens with one attached hydrogen (secondary N) is 1. The van der Waals surface area contributed by atoms with E-state index in [0.29, 0.717) is 17.3 Å². The Morgan fingerprint density at radius 1 is 1.33 bits per heavy atom. The van der Waals surface area contributed by atoms with Gasteiger partial charge in [-0.25, -0.2) is 0 Å². The van der Waals surface area contributed by atoms with E-state index in [4.69, 9.17) is 16.3 Å². The van der Waals surface area contributed by atoms with E-state index in [1.165, 1.54) is 6.07 Å². The number of nitro benzene ring substituents is 1. The molecule has 7 heteroatoms. The van der Waals surface area contributed by atoms with E-state index in [9.17, 15) is 10.1 Å². The lowest BCUT2D eigenvalue weighted by molar-refractivity contribution is -0.383. The van der Waals surface area contributed by atoms with Crippen LogP contribution in [0.2, 0.25) is 5.02 Å². The third kappa shape index (κ3) is 3.86. The zero-order chi connectivity index (χ0) is 15.4. The minimum atomic E-state index is -0.463.